The van der Waals surface area contributed by atoms with E-state index >= 15 is 0 Å². The van der Waals surface area contributed by atoms with Gasteiger partial charge in [-0.05, 0) is 41.0 Å². The summed E-state index contributed by atoms with van der Waals surface area (Å²) in [5, 5.41) is 0. The third-order valence-electron chi connectivity index (χ3n) is 5.11. The number of aryl methyl sites for hydroxylation is 2. The summed E-state index contributed by atoms with van der Waals surface area (Å²) in [7, 11) is 3.84. The molecule has 3 heterocycles. The molecule has 0 atom stereocenters. The molecule has 0 aliphatic carbocycles. The van der Waals surface area contributed by atoms with Crippen LogP contribution in [0, 0.1) is 12.3 Å². The van der Waals surface area contributed by atoms with Gasteiger partial charge in [0.1, 0.15) is 0 Å². The second kappa shape index (κ2) is 7.50. The zero-order chi connectivity index (χ0) is 21.4. The summed E-state index contributed by atoms with van der Waals surface area (Å²) in [6, 6.07) is 4.10. The number of allylic oxidation sites excluding steroid dienone is 1. The summed E-state index contributed by atoms with van der Waals surface area (Å²) in [6.45, 7) is 19.1. The Morgan fingerprint density at radius 2 is 1.64 bits per heavy atom. The van der Waals surface area contributed by atoms with Crippen LogP contribution >= 0.6 is 0 Å². The maximum absolute atomic E-state index is 11.4. The van der Waals surface area contributed by atoms with Crippen molar-refractivity contribution in [3.8, 4) is 0 Å². The molecule has 0 spiro atoms. The highest BCUT2D eigenvalue weighted by Gasteiger charge is 2.27. The van der Waals surface area contributed by atoms with Crippen molar-refractivity contribution in [1.29, 1.82) is 0 Å². The molecule has 28 heavy (non-hydrogen) atoms. The minimum atomic E-state index is 0.0907. The van der Waals surface area contributed by atoms with Gasteiger partial charge in [-0.3, -0.25) is 4.79 Å². The molecule has 1 aliphatic rings. The maximum Gasteiger partial charge on any atom is 0.253 e. The number of rotatable bonds is 0. The predicted molar refractivity (Wildman–Crippen MR) is 120 cm³/mol. The Balaban J connectivity index is 0.000000203. The summed E-state index contributed by atoms with van der Waals surface area (Å²) in [5.41, 5.74) is 7.18. The van der Waals surface area contributed by atoms with Crippen molar-refractivity contribution in [2.75, 3.05) is 7.05 Å². The van der Waals surface area contributed by atoms with E-state index in [1.807, 2.05) is 32.4 Å². The highest BCUT2D eigenvalue weighted by atomic mass is 16.1. The Kier molecular flexibility index (Phi) is 5.84. The van der Waals surface area contributed by atoms with Gasteiger partial charge in [0.05, 0.1) is 11.4 Å². The highest BCUT2D eigenvalue weighted by Crippen LogP contribution is 2.41. The summed E-state index contributed by atoms with van der Waals surface area (Å²) >= 11 is 0. The third kappa shape index (κ3) is 4.49. The number of hydrogen-bond acceptors (Lipinski definition) is 2. The van der Waals surface area contributed by atoms with Gasteiger partial charge in [-0.1, -0.05) is 48.1 Å². The van der Waals surface area contributed by atoms with Crippen LogP contribution in [0.25, 0.3) is 11.3 Å². The van der Waals surface area contributed by atoms with Crippen molar-refractivity contribution in [1.82, 2.24) is 14.5 Å². The van der Waals surface area contributed by atoms with E-state index in [0.29, 0.717) is 0 Å². The molecule has 4 nitrogen and oxygen atoms in total. The number of H-pyrrole nitrogens is 1. The normalized spacial score (nSPS) is 14.2. The Morgan fingerprint density at radius 1 is 1.04 bits per heavy atom. The minimum absolute atomic E-state index is 0.0907. The number of fused-ring (bicyclic) bond motifs is 1. The zero-order valence-corrected chi connectivity index (χ0v) is 18.9. The number of aromatic amines is 1. The quantitative estimate of drug-likeness (QED) is 0.672. The lowest BCUT2D eigenvalue weighted by molar-refractivity contribution is 0.544. The van der Waals surface area contributed by atoms with E-state index in [0.717, 1.165) is 17.0 Å². The van der Waals surface area contributed by atoms with E-state index in [1.54, 1.807) is 11.6 Å². The summed E-state index contributed by atoms with van der Waals surface area (Å²) in [4.78, 5) is 16.8. The molecule has 0 fully saturated rings. The summed E-state index contributed by atoms with van der Waals surface area (Å²) < 4.78 is 1.65. The third-order valence-corrected chi connectivity index (χ3v) is 5.11. The minimum Gasteiger partial charge on any atom is -0.359 e. The van der Waals surface area contributed by atoms with Gasteiger partial charge in [0.25, 0.3) is 5.56 Å². The van der Waals surface area contributed by atoms with Crippen molar-refractivity contribution in [3.63, 3.8) is 0 Å². The molecule has 1 aliphatic heterocycles. The van der Waals surface area contributed by atoms with E-state index in [1.165, 1.54) is 16.7 Å². The molecular weight excluding hydrogens is 346 g/mol. The number of aromatic nitrogens is 2. The number of pyridine rings is 1. The Bertz CT molecular complexity index is 933. The lowest BCUT2D eigenvalue weighted by Gasteiger charge is -2.31. The van der Waals surface area contributed by atoms with Crippen LogP contribution in [0.1, 0.15) is 63.9 Å². The van der Waals surface area contributed by atoms with Crippen molar-refractivity contribution >= 4 is 11.3 Å². The molecule has 0 amide bonds. The van der Waals surface area contributed by atoms with Crippen molar-refractivity contribution in [3.05, 3.63) is 70.0 Å². The van der Waals surface area contributed by atoms with E-state index in [9.17, 15) is 4.79 Å². The SMILES string of the molecule is C=C1c2[nH]ccc2C(C(C)(C)C)=CN1C.Cc1cc(C(C)(C)C)cn(C)c1=O. The number of hydrogen-bond donors (Lipinski definition) is 1. The van der Waals surface area contributed by atoms with E-state index in [-0.39, 0.29) is 16.4 Å². The first-order valence-corrected chi connectivity index (χ1v) is 9.73. The maximum atomic E-state index is 11.4. The Labute approximate surface area is 169 Å². The average molecular weight is 382 g/mol. The molecule has 0 bridgehead atoms. The Morgan fingerprint density at radius 3 is 2.14 bits per heavy atom. The molecule has 1 N–H and O–H groups in total. The molecule has 0 aromatic carbocycles. The molecule has 0 saturated heterocycles. The van der Waals surface area contributed by atoms with Gasteiger partial charge in [-0.2, -0.15) is 0 Å². The first-order chi connectivity index (χ1) is 12.7. The van der Waals surface area contributed by atoms with Crippen LogP contribution < -0.4 is 5.56 Å². The molecule has 3 rings (SSSR count). The highest BCUT2D eigenvalue weighted by molar-refractivity contribution is 5.83. The molecule has 0 unspecified atom stereocenters. The topological polar surface area (TPSA) is 41.0 Å². The van der Waals surface area contributed by atoms with Crippen LogP contribution in [-0.2, 0) is 12.5 Å². The van der Waals surface area contributed by atoms with Gasteiger partial charge in [0.15, 0.2) is 0 Å². The van der Waals surface area contributed by atoms with Crippen LogP contribution in [-0.4, -0.2) is 21.5 Å². The fraction of sp³-hybridized carbons (Fsp3) is 0.458. The van der Waals surface area contributed by atoms with Gasteiger partial charge in [-0.15, -0.1) is 0 Å². The summed E-state index contributed by atoms with van der Waals surface area (Å²) in [6.07, 6.45) is 6.07. The summed E-state index contributed by atoms with van der Waals surface area (Å²) in [5.74, 6) is 0. The molecule has 0 saturated carbocycles. The van der Waals surface area contributed by atoms with Crippen molar-refractivity contribution < 1.29 is 0 Å². The lowest BCUT2D eigenvalue weighted by atomic mass is 9.81. The Hall–Kier alpha value is -2.49. The molecule has 0 radical (unpaired) electrons. The fourth-order valence-electron chi connectivity index (χ4n) is 3.24. The van der Waals surface area contributed by atoms with Crippen molar-refractivity contribution in [2.24, 2.45) is 12.5 Å². The largest absolute Gasteiger partial charge is 0.359 e. The van der Waals surface area contributed by atoms with E-state index in [2.05, 4.69) is 70.3 Å². The lowest BCUT2D eigenvalue weighted by Crippen LogP contribution is -2.23. The number of nitrogens with zero attached hydrogens (tertiary/aromatic N) is 2. The standard InChI is InChI=1S/C13H18N2.C11H17NO/c1-9-12-10(6-7-14-12)11(8-15(9)5)13(2,3)4;1-8-6-9(11(2,3)4)7-12(5)10(8)13/h6-8,14H,1H2,2-5H3;6-7H,1-5H3. The van der Waals surface area contributed by atoms with Gasteiger partial charge < -0.3 is 14.5 Å². The van der Waals surface area contributed by atoms with Gasteiger partial charge in [0.2, 0.25) is 0 Å². The van der Waals surface area contributed by atoms with Crippen LogP contribution in [0.3, 0.4) is 0 Å². The second-order valence-electron chi connectivity index (χ2n) is 9.69. The van der Waals surface area contributed by atoms with E-state index < -0.39 is 0 Å². The molecular formula is C24H35N3O. The van der Waals surface area contributed by atoms with Crippen LogP contribution in [0.5, 0.6) is 0 Å². The molecule has 2 aromatic rings. The molecule has 152 valence electrons. The number of nitrogens with one attached hydrogen (secondary N) is 1. The zero-order valence-electron chi connectivity index (χ0n) is 18.9. The first kappa shape index (κ1) is 21.8. The van der Waals surface area contributed by atoms with Crippen LogP contribution in [0.15, 0.2) is 42.1 Å². The second-order valence-corrected chi connectivity index (χ2v) is 9.69. The smallest absolute Gasteiger partial charge is 0.253 e. The molecule has 4 heteroatoms. The van der Waals surface area contributed by atoms with Gasteiger partial charge in [0, 0.05) is 43.8 Å². The van der Waals surface area contributed by atoms with E-state index in [4.69, 9.17) is 0 Å². The monoisotopic (exact) mass is 381 g/mol. The average Bonchev–Trinajstić information content (AvgIpc) is 3.04. The van der Waals surface area contributed by atoms with Gasteiger partial charge in [-0.25, -0.2) is 0 Å². The predicted octanol–water partition coefficient (Wildman–Crippen LogP) is 5.31. The van der Waals surface area contributed by atoms with Crippen LogP contribution in [0.2, 0.25) is 0 Å². The first-order valence-electron chi connectivity index (χ1n) is 9.73. The fourth-order valence-corrected chi connectivity index (χ4v) is 3.24. The van der Waals surface area contributed by atoms with Crippen molar-refractivity contribution in [2.45, 2.75) is 53.9 Å². The van der Waals surface area contributed by atoms with Gasteiger partial charge >= 0.3 is 0 Å². The molecule has 2 aromatic heterocycles. The van der Waals surface area contributed by atoms with Crippen LogP contribution in [0.4, 0.5) is 0 Å².